The lowest BCUT2D eigenvalue weighted by atomic mass is 9.83. The number of aryl methyl sites for hydroxylation is 3. The molecule has 2 N–H and O–H groups in total. The second-order valence-corrected chi connectivity index (χ2v) is 7.47. The molecule has 1 amide bonds. The molecule has 0 fully saturated rings. The zero-order valence-electron chi connectivity index (χ0n) is 15.2. The summed E-state index contributed by atoms with van der Waals surface area (Å²) in [6.07, 6.45) is 1.07. The van der Waals surface area contributed by atoms with Crippen LogP contribution in [-0.4, -0.2) is 11.0 Å². The number of phenols is 1. The fourth-order valence-corrected chi connectivity index (χ4v) is 2.69. The van der Waals surface area contributed by atoms with Gasteiger partial charge >= 0.3 is 0 Å². The first-order valence-electron chi connectivity index (χ1n) is 8.36. The summed E-state index contributed by atoms with van der Waals surface area (Å²) in [5, 5.41) is 13.2. The molecule has 0 spiro atoms. The van der Waals surface area contributed by atoms with Crippen LogP contribution < -0.4 is 5.32 Å². The molecule has 0 unspecified atom stereocenters. The fourth-order valence-electron chi connectivity index (χ4n) is 2.69. The van der Waals surface area contributed by atoms with E-state index < -0.39 is 0 Å². The van der Waals surface area contributed by atoms with Crippen molar-refractivity contribution in [3.8, 4) is 5.75 Å². The van der Waals surface area contributed by atoms with Crippen molar-refractivity contribution in [3.63, 3.8) is 0 Å². The van der Waals surface area contributed by atoms with E-state index in [1.807, 2.05) is 50.2 Å². The Hall–Kier alpha value is -2.29. The maximum absolute atomic E-state index is 12.1. The minimum Gasteiger partial charge on any atom is -0.507 e. The number of rotatable bonds is 4. The smallest absolute Gasteiger partial charge is 0.224 e. The molecule has 2 aromatic rings. The Kier molecular flexibility index (Phi) is 5.33. The second kappa shape index (κ2) is 7.08. The molecule has 0 aliphatic carbocycles. The van der Waals surface area contributed by atoms with Crippen molar-refractivity contribution in [1.29, 1.82) is 0 Å². The van der Waals surface area contributed by atoms with Gasteiger partial charge in [-0.15, -0.1) is 0 Å². The van der Waals surface area contributed by atoms with Crippen molar-refractivity contribution >= 4 is 11.6 Å². The average molecular weight is 325 g/mol. The highest BCUT2D eigenvalue weighted by molar-refractivity contribution is 5.90. The quantitative estimate of drug-likeness (QED) is 0.842. The number of carbonyl (C=O) groups excluding carboxylic acids is 1. The Morgan fingerprint density at radius 1 is 1.08 bits per heavy atom. The summed E-state index contributed by atoms with van der Waals surface area (Å²) in [5.74, 6) is 0.359. The van der Waals surface area contributed by atoms with Crippen LogP contribution in [-0.2, 0) is 16.6 Å². The first-order valence-corrected chi connectivity index (χ1v) is 8.36. The molecular formula is C21H27NO2. The topological polar surface area (TPSA) is 49.3 Å². The standard InChI is InChI=1S/C21H27NO2/c1-14-6-9-17(10-7-14)22-19(23)11-8-16-12-15(2)20(24)18(13-16)21(3,4)5/h6-7,9-10,12-13,24H,8,11H2,1-5H3,(H,22,23). The van der Waals surface area contributed by atoms with E-state index in [0.717, 1.165) is 22.4 Å². The van der Waals surface area contributed by atoms with Crippen LogP contribution in [0.3, 0.4) is 0 Å². The highest BCUT2D eigenvalue weighted by atomic mass is 16.3. The van der Waals surface area contributed by atoms with Gasteiger partial charge < -0.3 is 10.4 Å². The Balaban J connectivity index is 2.05. The number of phenolic OH excluding ortho intramolecular Hbond substituents is 1. The van der Waals surface area contributed by atoms with Crippen molar-refractivity contribution in [3.05, 3.63) is 58.7 Å². The van der Waals surface area contributed by atoms with Gasteiger partial charge in [-0.05, 0) is 54.5 Å². The summed E-state index contributed by atoms with van der Waals surface area (Å²) >= 11 is 0. The minimum absolute atomic E-state index is 0.00175. The molecular weight excluding hydrogens is 298 g/mol. The normalized spacial score (nSPS) is 11.4. The predicted molar refractivity (Wildman–Crippen MR) is 99.7 cm³/mol. The SMILES string of the molecule is Cc1ccc(NC(=O)CCc2cc(C)c(O)c(C(C)(C)C)c2)cc1. The summed E-state index contributed by atoms with van der Waals surface area (Å²) in [6.45, 7) is 10.2. The van der Waals surface area contributed by atoms with Crippen LogP contribution in [0.15, 0.2) is 36.4 Å². The number of anilines is 1. The monoisotopic (exact) mass is 325 g/mol. The maximum Gasteiger partial charge on any atom is 0.224 e. The third-order valence-corrected chi connectivity index (χ3v) is 4.14. The summed E-state index contributed by atoms with van der Waals surface area (Å²) in [4.78, 5) is 12.1. The molecule has 0 heterocycles. The van der Waals surface area contributed by atoms with E-state index in [1.54, 1.807) is 0 Å². The zero-order valence-corrected chi connectivity index (χ0v) is 15.2. The lowest BCUT2D eigenvalue weighted by molar-refractivity contribution is -0.116. The van der Waals surface area contributed by atoms with Crippen molar-refractivity contribution < 1.29 is 9.90 Å². The van der Waals surface area contributed by atoms with E-state index in [2.05, 4.69) is 26.1 Å². The first-order chi connectivity index (χ1) is 11.2. The van der Waals surface area contributed by atoms with Gasteiger partial charge in [-0.25, -0.2) is 0 Å². The first kappa shape index (κ1) is 18.1. The Morgan fingerprint density at radius 2 is 1.71 bits per heavy atom. The van der Waals surface area contributed by atoms with Crippen molar-refractivity contribution in [1.82, 2.24) is 0 Å². The molecule has 0 radical (unpaired) electrons. The molecule has 0 aliphatic heterocycles. The van der Waals surface area contributed by atoms with Gasteiger partial charge in [0.1, 0.15) is 5.75 Å². The second-order valence-electron chi connectivity index (χ2n) is 7.47. The molecule has 128 valence electrons. The third-order valence-electron chi connectivity index (χ3n) is 4.14. The lowest BCUT2D eigenvalue weighted by Gasteiger charge is -2.22. The molecule has 0 aliphatic rings. The van der Waals surface area contributed by atoms with E-state index in [4.69, 9.17) is 0 Å². The van der Waals surface area contributed by atoms with Crippen molar-refractivity contribution in [2.75, 3.05) is 5.32 Å². The highest BCUT2D eigenvalue weighted by Crippen LogP contribution is 2.34. The van der Waals surface area contributed by atoms with E-state index >= 15 is 0 Å². The number of nitrogens with one attached hydrogen (secondary N) is 1. The Morgan fingerprint density at radius 3 is 2.29 bits per heavy atom. The van der Waals surface area contributed by atoms with Crippen LogP contribution in [0.5, 0.6) is 5.75 Å². The molecule has 0 aromatic heterocycles. The molecule has 0 atom stereocenters. The molecule has 2 rings (SSSR count). The number of carbonyl (C=O) groups is 1. The molecule has 0 saturated carbocycles. The van der Waals surface area contributed by atoms with Gasteiger partial charge in [0.15, 0.2) is 0 Å². The van der Waals surface area contributed by atoms with E-state index in [1.165, 1.54) is 5.56 Å². The van der Waals surface area contributed by atoms with Gasteiger partial charge in [-0.3, -0.25) is 4.79 Å². The Bertz CT molecular complexity index is 725. The minimum atomic E-state index is -0.130. The third kappa shape index (κ3) is 4.60. The van der Waals surface area contributed by atoms with E-state index in [9.17, 15) is 9.90 Å². The highest BCUT2D eigenvalue weighted by Gasteiger charge is 2.20. The lowest BCUT2D eigenvalue weighted by Crippen LogP contribution is -2.14. The van der Waals surface area contributed by atoms with E-state index in [-0.39, 0.29) is 11.3 Å². The van der Waals surface area contributed by atoms with Gasteiger partial charge in [0.05, 0.1) is 0 Å². The number of hydrogen-bond acceptors (Lipinski definition) is 2. The molecule has 3 nitrogen and oxygen atoms in total. The van der Waals surface area contributed by atoms with E-state index in [0.29, 0.717) is 18.6 Å². The predicted octanol–water partition coefficient (Wildman–Crippen LogP) is 4.88. The molecule has 3 heteroatoms. The molecule has 24 heavy (non-hydrogen) atoms. The van der Waals surface area contributed by atoms with Gasteiger partial charge in [0.2, 0.25) is 5.91 Å². The molecule has 0 bridgehead atoms. The maximum atomic E-state index is 12.1. The van der Waals surface area contributed by atoms with Gasteiger partial charge in [0.25, 0.3) is 0 Å². The van der Waals surface area contributed by atoms with Crippen LogP contribution in [0.2, 0.25) is 0 Å². The number of hydrogen-bond donors (Lipinski definition) is 2. The molecule has 2 aromatic carbocycles. The Labute approximate surface area is 144 Å². The number of aromatic hydroxyl groups is 1. The zero-order chi connectivity index (χ0) is 17.9. The molecule has 0 saturated heterocycles. The van der Waals surface area contributed by atoms with Crippen molar-refractivity contribution in [2.24, 2.45) is 0 Å². The summed E-state index contributed by atoms with van der Waals surface area (Å²) in [6, 6.07) is 11.8. The van der Waals surface area contributed by atoms with Crippen LogP contribution in [0.1, 0.15) is 49.4 Å². The van der Waals surface area contributed by atoms with Crippen LogP contribution in [0, 0.1) is 13.8 Å². The number of amides is 1. The van der Waals surface area contributed by atoms with Gasteiger partial charge in [-0.2, -0.15) is 0 Å². The largest absolute Gasteiger partial charge is 0.507 e. The summed E-state index contributed by atoms with van der Waals surface area (Å²) < 4.78 is 0. The average Bonchev–Trinajstić information content (AvgIpc) is 2.49. The number of benzene rings is 2. The summed E-state index contributed by atoms with van der Waals surface area (Å²) in [5.41, 5.74) is 4.72. The van der Waals surface area contributed by atoms with Crippen molar-refractivity contribution in [2.45, 2.75) is 52.9 Å². The summed E-state index contributed by atoms with van der Waals surface area (Å²) in [7, 11) is 0. The van der Waals surface area contributed by atoms with Gasteiger partial charge in [0, 0.05) is 12.1 Å². The van der Waals surface area contributed by atoms with Crippen LogP contribution >= 0.6 is 0 Å². The van der Waals surface area contributed by atoms with Gasteiger partial charge in [-0.1, -0.05) is 50.6 Å². The fraction of sp³-hybridized carbons (Fsp3) is 0.381. The van der Waals surface area contributed by atoms with Crippen LogP contribution in [0.4, 0.5) is 5.69 Å². The van der Waals surface area contributed by atoms with Crippen LogP contribution in [0.25, 0.3) is 0 Å².